The number of fused-ring (bicyclic) bond motifs is 1. The molecular formula is C37H32N2O10. The molecule has 0 radical (unpaired) electrons. The average Bonchev–Trinajstić information content (AvgIpc) is 3.70. The number of nitrogens with zero attached hydrogens (tertiary/aromatic N) is 2. The number of aromatic nitrogens is 2. The molecule has 49 heavy (non-hydrogen) atoms. The van der Waals surface area contributed by atoms with Crippen LogP contribution in [0.4, 0.5) is 0 Å². The Labute approximate surface area is 280 Å². The summed E-state index contributed by atoms with van der Waals surface area (Å²) in [7, 11) is 1.54. The summed E-state index contributed by atoms with van der Waals surface area (Å²) < 4.78 is 25.4. The van der Waals surface area contributed by atoms with Crippen molar-refractivity contribution in [1.29, 1.82) is 0 Å². The first-order valence-electron chi connectivity index (χ1n) is 15.3. The maximum atomic E-state index is 13.2. The first-order chi connectivity index (χ1) is 23.7. The monoisotopic (exact) mass is 664 g/mol. The zero-order valence-corrected chi connectivity index (χ0v) is 26.9. The van der Waals surface area contributed by atoms with E-state index < -0.39 is 17.7 Å². The lowest BCUT2D eigenvalue weighted by atomic mass is 9.88. The number of rotatable bonds is 10. The van der Waals surface area contributed by atoms with Gasteiger partial charge in [-0.3, -0.25) is 4.79 Å². The number of cyclic esters (lactones) is 1. The van der Waals surface area contributed by atoms with Gasteiger partial charge in [0.25, 0.3) is 5.79 Å². The van der Waals surface area contributed by atoms with Crippen LogP contribution in [0.2, 0.25) is 0 Å². The zero-order valence-electron chi connectivity index (χ0n) is 26.9. The first-order valence-corrected chi connectivity index (χ1v) is 15.3. The van der Waals surface area contributed by atoms with Gasteiger partial charge in [0.1, 0.15) is 23.1 Å². The summed E-state index contributed by atoms with van der Waals surface area (Å²) >= 11 is 0. The van der Waals surface area contributed by atoms with Crippen LogP contribution >= 0.6 is 0 Å². The molecule has 0 saturated heterocycles. The maximum absolute atomic E-state index is 13.2. The molecule has 2 heterocycles. The van der Waals surface area contributed by atoms with E-state index in [-0.39, 0.29) is 24.6 Å². The maximum Gasteiger partial charge on any atom is 0.342 e. The molecule has 12 nitrogen and oxygen atoms in total. The lowest BCUT2D eigenvalue weighted by molar-refractivity contribution is -0.185. The number of ether oxygens (including phenoxy) is 4. The van der Waals surface area contributed by atoms with Gasteiger partial charge in [-0.25, -0.2) is 19.0 Å². The van der Waals surface area contributed by atoms with E-state index in [1.54, 1.807) is 105 Å². The van der Waals surface area contributed by atoms with E-state index in [2.05, 4.69) is 10.3 Å². The molecular weight excluding hydrogens is 632 g/mol. The molecule has 1 atom stereocenters. The van der Waals surface area contributed by atoms with Crippen molar-refractivity contribution in [2.45, 2.75) is 26.1 Å². The summed E-state index contributed by atoms with van der Waals surface area (Å²) in [6.45, 7) is 4.12. The molecule has 0 fully saturated rings. The van der Waals surface area contributed by atoms with E-state index >= 15 is 0 Å². The molecule has 1 unspecified atom stereocenters. The summed E-state index contributed by atoms with van der Waals surface area (Å²) in [4.78, 5) is 46.7. The minimum atomic E-state index is -2.02. The topological polar surface area (TPSA) is 164 Å². The van der Waals surface area contributed by atoms with Crippen molar-refractivity contribution in [2.75, 3.05) is 20.3 Å². The Kier molecular flexibility index (Phi) is 10.6. The van der Waals surface area contributed by atoms with E-state index in [4.69, 9.17) is 23.6 Å². The number of esters is 3. The summed E-state index contributed by atoms with van der Waals surface area (Å²) in [5, 5.41) is 19.4. The van der Waals surface area contributed by atoms with Gasteiger partial charge in [-0.2, -0.15) is 0 Å². The Morgan fingerprint density at radius 3 is 1.98 bits per heavy atom. The molecule has 0 bridgehead atoms. The smallest absolute Gasteiger partial charge is 0.342 e. The molecule has 6 rings (SSSR count). The lowest BCUT2D eigenvalue weighted by Gasteiger charge is -2.26. The van der Waals surface area contributed by atoms with E-state index in [1.807, 2.05) is 0 Å². The van der Waals surface area contributed by atoms with E-state index in [1.165, 1.54) is 7.11 Å². The third-order valence-electron chi connectivity index (χ3n) is 7.58. The third-order valence-corrected chi connectivity index (χ3v) is 7.58. The number of carbonyl (C=O) groups is 4. The van der Waals surface area contributed by atoms with Gasteiger partial charge in [-0.15, -0.1) is 0 Å². The molecule has 0 saturated carbocycles. The van der Waals surface area contributed by atoms with Crippen LogP contribution < -0.4 is 4.74 Å². The minimum Gasteiger partial charge on any atom is -0.497 e. The van der Waals surface area contributed by atoms with Crippen LogP contribution in [-0.4, -0.2) is 59.9 Å². The van der Waals surface area contributed by atoms with E-state index in [9.17, 15) is 24.3 Å². The molecule has 5 aromatic rings. The molecule has 0 spiro atoms. The van der Waals surface area contributed by atoms with Gasteiger partial charge in [-0.1, -0.05) is 30.3 Å². The van der Waals surface area contributed by atoms with E-state index in [0.717, 1.165) is 11.8 Å². The Morgan fingerprint density at radius 1 is 0.816 bits per heavy atom. The summed E-state index contributed by atoms with van der Waals surface area (Å²) in [5.41, 5.74) is 4.61. The second-order valence-corrected chi connectivity index (χ2v) is 10.6. The number of carbonyl (C=O) groups excluding carboxylic acids is 4. The number of aldehydes is 1. The number of methoxy groups -OCH3 is 1. The summed E-state index contributed by atoms with van der Waals surface area (Å²) in [5.74, 6) is -2.89. The van der Waals surface area contributed by atoms with Crippen molar-refractivity contribution in [1.82, 2.24) is 10.3 Å². The molecule has 250 valence electrons. The fourth-order valence-electron chi connectivity index (χ4n) is 5.12. The highest BCUT2D eigenvalue weighted by Gasteiger charge is 2.48. The molecule has 4 aromatic carbocycles. The highest BCUT2D eigenvalue weighted by molar-refractivity contribution is 6.20. The van der Waals surface area contributed by atoms with Crippen LogP contribution in [0, 0.1) is 0 Å². The molecule has 1 aliphatic heterocycles. The predicted octanol–water partition coefficient (Wildman–Crippen LogP) is 5.48. The average molecular weight is 665 g/mol. The first kappa shape index (κ1) is 34.2. The zero-order chi connectivity index (χ0) is 35.0. The number of hydrogen-bond donors (Lipinski definition) is 1. The Bertz CT molecular complexity index is 2000. The number of hydrogen-bond acceptors (Lipinski definition) is 12. The Hall–Kier alpha value is -6.14. The van der Waals surface area contributed by atoms with Crippen LogP contribution in [0.25, 0.3) is 16.6 Å². The normalized spacial score (nSPS) is 15.2. The lowest BCUT2D eigenvalue weighted by Crippen LogP contribution is -2.29. The molecule has 12 heteroatoms. The van der Waals surface area contributed by atoms with Crippen LogP contribution in [0.15, 0.2) is 101 Å². The van der Waals surface area contributed by atoms with Crippen molar-refractivity contribution >= 4 is 40.8 Å². The Balaban J connectivity index is 0.000000304. The van der Waals surface area contributed by atoms with Gasteiger partial charge >= 0.3 is 17.9 Å². The van der Waals surface area contributed by atoms with Gasteiger partial charge in [-0.05, 0) is 96.0 Å². The SMILES string of the molecule is CCOC(=O)c1ccc(C=O)cc1.CCOC(=O)c1ccc(CC2=C(c3ccc4nonc4c3)C(=O)OC2(O)c2ccc(OC)cc2)cc1. The highest BCUT2D eigenvalue weighted by Crippen LogP contribution is 2.45. The third kappa shape index (κ3) is 7.55. The highest BCUT2D eigenvalue weighted by atomic mass is 16.7. The van der Waals surface area contributed by atoms with Crippen LogP contribution in [0.3, 0.4) is 0 Å². The summed E-state index contributed by atoms with van der Waals surface area (Å²) in [6, 6.07) is 24.8. The second-order valence-electron chi connectivity index (χ2n) is 10.6. The van der Waals surface area contributed by atoms with Crippen molar-refractivity contribution in [3.05, 3.63) is 130 Å². The van der Waals surface area contributed by atoms with E-state index in [0.29, 0.717) is 56.8 Å². The van der Waals surface area contributed by atoms with Crippen molar-refractivity contribution in [3.63, 3.8) is 0 Å². The Morgan fingerprint density at radius 2 is 1.41 bits per heavy atom. The molecule has 0 aliphatic carbocycles. The molecule has 1 aromatic heterocycles. The van der Waals surface area contributed by atoms with Crippen LogP contribution in [0.5, 0.6) is 5.75 Å². The molecule has 1 N–H and O–H groups in total. The van der Waals surface area contributed by atoms with Crippen molar-refractivity contribution in [3.8, 4) is 5.75 Å². The minimum absolute atomic E-state index is 0.168. The summed E-state index contributed by atoms with van der Waals surface area (Å²) in [6.07, 6.45) is 0.900. The fourth-order valence-corrected chi connectivity index (χ4v) is 5.12. The van der Waals surface area contributed by atoms with Gasteiger partial charge in [0, 0.05) is 23.1 Å². The number of benzene rings is 4. The van der Waals surface area contributed by atoms with Crippen LogP contribution in [0.1, 0.15) is 61.6 Å². The second kappa shape index (κ2) is 15.2. The molecule has 0 amide bonds. The van der Waals surface area contributed by atoms with Gasteiger partial charge in [0.15, 0.2) is 0 Å². The van der Waals surface area contributed by atoms with Gasteiger partial charge in [0.05, 0.1) is 37.0 Å². The van der Waals surface area contributed by atoms with Gasteiger partial charge < -0.3 is 24.1 Å². The fraction of sp³-hybridized carbons (Fsp3) is 0.189. The van der Waals surface area contributed by atoms with Gasteiger partial charge in [0.2, 0.25) is 0 Å². The van der Waals surface area contributed by atoms with Crippen molar-refractivity contribution in [2.24, 2.45) is 0 Å². The predicted molar refractivity (Wildman–Crippen MR) is 176 cm³/mol. The number of aliphatic hydroxyl groups is 1. The van der Waals surface area contributed by atoms with Crippen LogP contribution in [-0.2, 0) is 31.2 Å². The largest absolute Gasteiger partial charge is 0.497 e. The van der Waals surface area contributed by atoms with Crippen molar-refractivity contribution < 1.29 is 47.9 Å². The molecule has 1 aliphatic rings. The quantitative estimate of drug-likeness (QED) is 0.114. The standard InChI is InChI=1S/C27H22N2O7.C10H10O3/c1-3-34-25(30)17-6-4-16(5-7-17)14-21-24(18-8-13-22-23(15-18)29-36-28-22)26(31)35-27(21,32)19-9-11-20(33-2)12-10-19;1-2-13-10(12)9-5-3-8(7-11)4-6-9/h4-13,15,32H,3,14H2,1-2H3;3-7H,2H2,1H3.